The Morgan fingerprint density at radius 2 is 1.61 bits per heavy atom. The van der Waals surface area contributed by atoms with Crippen molar-refractivity contribution in [1.29, 1.82) is 0 Å². The zero-order valence-electron chi connectivity index (χ0n) is 19.6. The van der Waals surface area contributed by atoms with Crippen molar-refractivity contribution in [1.82, 2.24) is 9.80 Å². The highest BCUT2D eigenvalue weighted by Crippen LogP contribution is 2.45. The molecule has 3 rings (SSSR count). The number of nitrogens with zero attached hydrogens (tertiary/aromatic N) is 2. The predicted octanol–water partition coefficient (Wildman–Crippen LogP) is 3.09. The summed E-state index contributed by atoms with van der Waals surface area (Å²) in [6.07, 6.45) is 0.659. The van der Waals surface area contributed by atoms with Crippen LogP contribution in [0.25, 0.3) is 5.76 Å². The number of ketones is 1. The Morgan fingerprint density at radius 1 is 1.00 bits per heavy atom. The Kier molecular flexibility index (Phi) is 7.60. The molecule has 0 spiro atoms. The molecule has 1 aliphatic heterocycles. The predicted molar refractivity (Wildman–Crippen MR) is 125 cm³/mol. The molecule has 2 aromatic rings. The van der Waals surface area contributed by atoms with Crippen molar-refractivity contribution >= 4 is 17.4 Å². The number of hydrogen-bond donors (Lipinski definition) is 1. The Balaban J connectivity index is 2.20. The molecule has 0 saturated carbocycles. The molecule has 33 heavy (non-hydrogen) atoms. The van der Waals surface area contributed by atoms with E-state index in [1.54, 1.807) is 36.4 Å². The number of aliphatic hydroxyl groups is 1. The maximum atomic E-state index is 13.1. The third-order valence-corrected chi connectivity index (χ3v) is 5.59. The van der Waals surface area contributed by atoms with Crippen LogP contribution in [0.1, 0.15) is 23.6 Å². The number of likely N-dealkylation sites (tertiary alicyclic amines) is 1. The summed E-state index contributed by atoms with van der Waals surface area (Å²) < 4.78 is 16.4. The molecule has 1 amide bonds. The van der Waals surface area contributed by atoms with Crippen molar-refractivity contribution in [2.75, 3.05) is 48.5 Å². The van der Waals surface area contributed by atoms with Crippen molar-refractivity contribution in [3.63, 3.8) is 0 Å². The van der Waals surface area contributed by atoms with Crippen LogP contribution in [0.4, 0.5) is 0 Å². The van der Waals surface area contributed by atoms with Gasteiger partial charge in [-0.15, -0.1) is 0 Å². The standard InChI is InChI=1S/C25H30N2O6/c1-26(2)12-9-13-27-21(17-14-18(31-3)24(33-5)19(15-17)32-4)20(23(29)25(27)30)22(28)16-10-7-6-8-11-16/h6-8,10-11,14-15,21,28H,9,12-13H2,1-5H3. The molecular weight excluding hydrogens is 424 g/mol. The van der Waals surface area contributed by atoms with Crippen molar-refractivity contribution in [3.05, 3.63) is 59.2 Å². The largest absolute Gasteiger partial charge is 0.507 e. The summed E-state index contributed by atoms with van der Waals surface area (Å²) >= 11 is 0. The molecule has 1 N–H and O–H groups in total. The summed E-state index contributed by atoms with van der Waals surface area (Å²) in [7, 11) is 8.39. The maximum Gasteiger partial charge on any atom is 0.295 e. The van der Waals surface area contributed by atoms with Crippen LogP contribution in [0, 0.1) is 0 Å². The molecule has 1 heterocycles. The maximum absolute atomic E-state index is 13.1. The molecule has 8 heteroatoms. The van der Waals surface area contributed by atoms with Gasteiger partial charge in [-0.25, -0.2) is 0 Å². The molecule has 1 unspecified atom stereocenters. The lowest BCUT2D eigenvalue weighted by atomic mass is 9.94. The first-order valence-corrected chi connectivity index (χ1v) is 10.6. The fraction of sp³-hybridized carbons (Fsp3) is 0.360. The Morgan fingerprint density at radius 3 is 2.12 bits per heavy atom. The average Bonchev–Trinajstić information content (AvgIpc) is 3.07. The van der Waals surface area contributed by atoms with Gasteiger partial charge >= 0.3 is 0 Å². The monoisotopic (exact) mass is 454 g/mol. The van der Waals surface area contributed by atoms with Gasteiger partial charge in [-0.1, -0.05) is 30.3 Å². The molecule has 0 aromatic heterocycles. The molecule has 0 radical (unpaired) electrons. The molecule has 8 nitrogen and oxygen atoms in total. The molecule has 1 aliphatic rings. The number of ether oxygens (including phenoxy) is 3. The summed E-state index contributed by atoms with van der Waals surface area (Å²) in [6, 6.07) is 11.3. The second-order valence-corrected chi connectivity index (χ2v) is 7.97. The van der Waals surface area contributed by atoms with Gasteiger partial charge in [0.2, 0.25) is 5.75 Å². The van der Waals surface area contributed by atoms with Crippen molar-refractivity contribution in [2.45, 2.75) is 12.5 Å². The molecule has 0 bridgehead atoms. The number of amides is 1. The van der Waals surface area contributed by atoms with Gasteiger partial charge in [-0.2, -0.15) is 0 Å². The van der Waals surface area contributed by atoms with Crippen molar-refractivity contribution < 1.29 is 28.9 Å². The van der Waals surface area contributed by atoms with E-state index < -0.39 is 17.7 Å². The van der Waals surface area contributed by atoms with E-state index >= 15 is 0 Å². The average molecular weight is 455 g/mol. The number of carbonyl (C=O) groups excluding carboxylic acids is 2. The van der Waals surface area contributed by atoms with Gasteiger partial charge < -0.3 is 29.1 Å². The summed E-state index contributed by atoms with van der Waals surface area (Å²) in [5.41, 5.74) is 1.07. The SMILES string of the molecule is COc1cc(C2C(=C(O)c3ccccc3)C(=O)C(=O)N2CCCN(C)C)cc(OC)c1OC. The van der Waals surface area contributed by atoms with Gasteiger partial charge in [0.05, 0.1) is 32.9 Å². The molecular formula is C25H30N2O6. The summed E-state index contributed by atoms with van der Waals surface area (Å²) in [5, 5.41) is 11.1. The highest BCUT2D eigenvalue weighted by molar-refractivity contribution is 6.46. The van der Waals surface area contributed by atoms with Gasteiger partial charge in [0, 0.05) is 12.1 Å². The lowest BCUT2D eigenvalue weighted by Crippen LogP contribution is -2.32. The quantitative estimate of drug-likeness (QED) is 0.354. The first kappa shape index (κ1) is 24.1. The number of Topliss-reactive ketones (excluding diaryl/α,β-unsaturated/α-hetero) is 1. The summed E-state index contributed by atoms with van der Waals surface area (Å²) in [4.78, 5) is 29.7. The number of benzene rings is 2. The minimum atomic E-state index is -0.805. The number of methoxy groups -OCH3 is 3. The zero-order valence-corrected chi connectivity index (χ0v) is 19.6. The number of aliphatic hydroxyl groups excluding tert-OH is 1. The molecule has 176 valence electrons. The van der Waals surface area contributed by atoms with Crippen LogP contribution >= 0.6 is 0 Å². The number of carbonyl (C=O) groups is 2. The second kappa shape index (κ2) is 10.4. The van der Waals surface area contributed by atoms with Gasteiger partial charge in [-0.3, -0.25) is 9.59 Å². The van der Waals surface area contributed by atoms with Gasteiger partial charge in [-0.05, 0) is 44.8 Å². The Labute approximate surface area is 194 Å². The van der Waals surface area contributed by atoms with E-state index in [4.69, 9.17) is 14.2 Å². The second-order valence-electron chi connectivity index (χ2n) is 7.97. The van der Waals surface area contributed by atoms with Crippen LogP contribution in [-0.2, 0) is 9.59 Å². The van der Waals surface area contributed by atoms with Crippen LogP contribution in [0.3, 0.4) is 0 Å². The lowest BCUT2D eigenvalue weighted by molar-refractivity contribution is -0.139. The van der Waals surface area contributed by atoms with Crippen LogP contribution < -0.4 is 14.2 Å². The van der Waals surface area contributed by atoms with Crippen LogP contribution in [0.2, 0.25) is 0 Å². The van der Waals surface area contributed by atoms with E-state index in [0.29, 0.717) is 41.3 Å². The lowest BCUT2D eigenvalue weighted by Gasteiger charge is -2.27. The van der Waals surface area contributed by atoms with Crippen LogP contribution in [0.15, 0.2) is 48.0 Å². The highest BCUT2D eigenvalue weighted by atomic mass is 16.5. The fourth-order valence-corrected chi connectivity index (χ4v) is 4.03. The van der Waals surface area contributed by atoms with Crippen molar-refractivity contribution in [3.8, 4) is 17.2 Å². The highest BCUT2D eigenvalue weighted by Gasteiger charge is 2.46. The van der Waals surface area contributed by atoms with E-state index in [1.807, 2.05) is 25.1 Å². The normalized spacial score (nSPS) is 17.5. The third kappa shape index (κ3) is 4.80. The zero-order chi connectivity index (χ0) is 24.1. The summed E-state index contributed by atoms with van der Waals surface area (Å²) in [6.45, 7) is 1.08. The topological polar surface area (TPSA) is 88.5 Å². The van der Waals surface area contributed by atoms with E-state index in [-0.39, 0.29) is 11.3 Å². The third-order valence-electron chi connectivity index (χ3n) is 5.59. The van der Waals surface area contributed by atoms with Crippen molar-refractivity contribution in [2.24, 2.45) is 0 Å². The minimum Gasteiger partial charge on any atom is -0.507 e. The van der Waals surface area contributed by atoms with Gasteiger partial charge in [0.1, 0.15) is 5.76 Å². The first-order chi connectivity index (χ1) is 15.8. The minimum absolute atomic E-state index is 0.0327. The number of rotatable bonds is 9. The molecule has 1 atom stereocenters. The summed E-state index contributed by atoms with van der Waals surface area (Å²) in [5.74, 6) is -0.403. The molecule has 0 aliphatic carbocycles. The molecule has 2 aromatic carbocycles. The first-order valence-electron chi connectivity index (χ1n) is 10.6. The van der Waals surface area contributed by atoms with Crippen LogP contribution in [-0.4, -0.2) is 75.1 Å². The molecule has 1 saturated heterocycles. The molecule has 1 fully saturated rings. The Bertz CT molecular complexity index is 1020. The Hall–Kier alpha value is -3.52. The smallest absolute Gasteiger partial charge is 0.295 e. The van der Waals surface area contributed by atoms with Crippen LogP contribution in [0.5, 0.6) is 17.2 Å². The van der Waals surface area contributed by atoms with E-state index in [9.17, 15) is 14.7 Å². The van der Waals surface area contributed by atoms with Gasteiger partial charge in [0.15, 0.2) is 11.5 Å². The van der Waals surface area contributed by atoms with Gasteiger partial charge in [0.25, 0.3) is 11.7 Å². The van der Waals surface area contributed by atoms with E-state index in [1.165, 1.54) is 26.2 Å². The number of hydrogen-bond acceptors (Lipinski definition) is 7. The van der Waals surface area contributed by atoms with E-state index in [2.05, 4.69) is 0 Å². The van der Waals surface area contributed by atoms with E-state index in [0.717, 1.165) is 6.54 Å². The fourth-order valence-electron chi connectivity index (χ4n) is 4.03.